The highest BCUT2D eigenvalue weighted by Crippen LogP contribution is 2.24. The normalized spacial score (nSPS) is 13.9. The molecule has 1 aliphatic carbocycles. The van der Waals surface area contributed by atoms with Gasteiger partial charge in [0.25, 0.3) is 0 Å². The fourth-order valence-electron chi connectivity index (χ4n) is 2.12. The molecule has 0 saturated heterocycles. The van der Waals surface area contributed by atoms with Crippen LogP contribution in [0, 0.1) is 11.3 Å². The smallest absolute Gasteiger partial charge is 0.370 e. The van der Waals surface area contributed by atoms with E-state index in [4.69, 9.17) is 5.26 Å². The third-order valence-electron chi connectivity index (χ3n) is 2.98. The first-order valence-corrected chi connectivity index (χ1v) is 6.31. The van der Waals surface area contributed by atoms with Crippen molar-refractivity contribution >= 4 is 5.82 Å². The Bertz CT molecular complexity index is 523. The topological polar surface area (TPSA) is 57.9 Å². The number of rotatable bonds is 5. The van der Waals surface area contributed by atoms with Crippen molar-refractivity contribution in [1.29, 1.82) is 5.26 Å². The second-order valence-electron chi connectivity index (χ2n) is 4.55. The number of aryl methyl sites for hydroxylation is 2. The van der Waals surface area contributed by atoms with Gasteiger partial charge in [-0.25, -0.2) is 4.98 Å². The predicted molar refractivity (Wildman–Crippen MR) is 66.3 cm³/mol. The third kappa shape index (κ3) is 3.84. The Balaban J connectivity index is 1.88. The zero-order valence-corrected chi connectivity index (χ0v) is 10.8. The number of ether oxygens (including phenoxy) is 1. The van der Waals surface area contributed by atoms with E-state index in [-0.39, 0.29) is 13.2 Å². The Hall–Kier alpha value is -1.81. The maximum atomic E-state index is 11.9. The van der Waals surface area contributed by atoms with E-state index in [1.54, 1.807) is 6.07 Å². The summed E-state index contributed by atoms with van der Waals surface area (Å²) >= 11 is 0. The summed E-state index contributed by atoms with van der Waals surface area (Å²) in [5.41, 5.74) is 2.46. The number of hydrogen-bond acceptors (Lipinski definition) is 4. The van der Waals surface area contributed by atoms with Gasteiger partial charge in [0, 0.05) is 12.2 Å². The second kappa shape index (κ2) is 6.09. The summed E-state index contributed by atoms with van der Waals surface area (Å²) in [5.74, 6) is 0.420. The zero-order chi connectivity index (χ0) is 14.6. The molecule has 0 saturated carbocycles. The molecule has 7 heteroatoms. The fourth-order valence-corrected chi connectivity index (χ4v) is 2.12. The van der Waals surface area contributed by atoms with Crippen LogP contribution < -0.4 is 5.32 Å². The minimum atomic E-state index is -4.32. The van der Waals surface area contributed by atoms with Gasteiger partial charge in [0.1, 0.15) is 18.5 Å². The van der Waals surface area contributed by atoms with Gasteiger partial charge in [-0.15, -0.1) is 0 Å². The molecular weight excluding hydrogens is 271 g/mol. The first-order valence-electron chi connectivity index (χ1n) is 6.31. The van der Waals surface area contributed by atoms with Crippen LogP contribution in [0.2, 0.25) is 0 Å². The quantitative estimate of drug-likeness (QED) is 0.844. The van der Waals surface area contributed by atoms with E-state index < -0.39 is 12.8 Å². The highest BCUT2D eigenvalue weighted by molar-refractivity contribution is 5.55. The molecule has 0 fully saturated rings. The van der Waals surface area contributed by atoms with Crippen LogP contribution in [-0.4, -0.2) is 30.9 Å². The van der Waals surface area contributed by atoms with Crippen molar-refractivity contribution in [1.82, 2.24) is 4.98 Å². The number of hydrogen-bond donors (Lipinski definition) is 1. The van der Waals surface area contributed by atoms with Gasteiger partial charge in [0.2, 0.25) is 0 Å². The average Bonchev–Trinajstić information content (AvgIpc) is 2.83. The lowest BCUT2D eigenvalue weighted by atomic mass is 10.1. The van der Waals surface area contributed by atoms with Crippen molar-refractivity contribution in [3.8, 4) is 6.07 Å². The molecule has 108 valence electrons. The number of aromatic nitrogens is 1. The molecule has 1 heterocycles. The molecule has 0 aromatic carbocycles. The van der Waals surface area contributed by atoms with E-state index >= 15 is 0 Å². The molecule has 4 nitrogen and oxygen atoms in total. The van der Waals surface area contributed by atoms with Crippen molar-refractivity contribution in [3.63, 3.8) is 0 Å². The van der Waals surface area contributed by atoms with E-state index in [0.717, 1.165) is 30.5 Å². The van der Waals surface area contributed by atoms with Crippen LogP contribution >= 0.6 is 0 Å². The van der Waals surface area contributed by atoms with Gasteiger partial charge < -0.3 is 10.1 Å². The van der Waals surface area contributed by atoms with Crippen molar-refractivity contribution in [3.05, 3.63) is 22.9 Å². The van der Waals surface area contributed by atoms with Gasteiger partial charge in [-0.3, -0.25) is 0 Å². The zero-order valence-electron chi connectivity index (χ0n) is 10.8. The van der Waals surface area contributed by atoms with E-state index in [9.17, 15) is 13.2 Å². The van der Waals surface area contributed by atoms with E-state index in [2.05, 4.69) is 15.0 Å². The lowest BCUT2D eigenvalue weighted by molar-refractivity contribution is -0.172. The third-order valence-corrected chi connectivity index (χ3v) is 2.98. The highest BCUT2D eigenvalue weighted by atomic mass is 19.4. The molecule has 0 bridgehead atoms. The lowest BCUT2D eigenvalue weighted by Crippen LogP contribution is -2.20. The summed E-state index contributed by atoms with van der Waals surface area (Å²) < 4.78 is 40.1. The molecule has 1 N–H and O–H groups in total. The number of fused-ring (bicyclic) bond motifs is 1. The summed E-state index contributed by atoms with van der Waals surface area (Å²) in [5, 5.41) is 11.9. The van der Waals surface area contributed by atoms with Crippen LogP contribution in [0.1, 0.15) is 23.2 Å². The summed E-state index contributed by atoms with van der Waals surface area (Å²) in [6.07, 6.45) is -1.50. The Morgan fingerprint density at radius 2 is 2.20 bits per heavy atom. The summed E-state index contributed by atoms with van der Waals surface area (Å²) in [7, 11) is 0. The summed E-state index contributed by atoms with van der Waals surface area (Å²) in [6.45, 7) is -1.18. The van der Waals surface area contributed by atoms with Crippen LogP contribution in [0.5, 0.6) is 0 Å². The molecule has 1 aliphatic rings. The lowest BCUT2D eigenvalue weighted by Gasteiger charge is -2.11. The molecule has 0 spiro atoms. The molecule has 0 unspecified atom stereocenters. The molecular formula is C13H14F3N3O. The maximum absolute atomic E-state index is 11.9. The first-order chi connectivity index (χ1) is 9.49. The maximum Gasteiger partial charge on any atom is 0.411 e. The fraction of sp³-hybridized carbons (Fsp3) is 0.538. The number of halogens is 3. The molecule has 1 aromatic heterocycles. The van der Waals surface area contributed by atoms with E-state index in [0.29, 0.717) is 11.4 Å². The number of alkyl halides is 3. The Morgan fingerprint density at radius 3 is 2.90 bits per heavy atom. The molecule has 1 aromatic rings. The number of pyridine rings is 1. The van der Waals surface area contributed by atoms with E-state index in [1.165, 1.54) is 0 Å². The minimum Gasteiger partial charge on any atom is -0.370 e. The number of anilines is 1. The standard InChI is InChI=1S/C13H14F3N3O/c14-13(15,16)8-20-5-4-18-12-10(7-17)6-9-2-1-3-11(9)19-12/h6H,1-5,8H2,(H,18,19). The minimum absolute atomic E-state index is 0.0941. The highest BCUT2D eigenvalue weighted by Gasteiger charge is 2.27. The molecule has 20 heavy (non-hydrogen) atoms. The summed E-state index contributed by atoms with van der Waals surface area (Å²) in [6, 6.07) is 3.84. The Kier molecular flexibility index (Phi) is 4.45. The van der Waals surface area contributed by atoms with Crippen LogP contribution in [0.3, 0.4) is 0 Å². The largest absolute Gasteiger partial charge is 0.411 e. The van der Waals surface area contributed by atoms with Crippen LogP contribution in [0.25, 0.3) is 0 Å². The van der Waals surface area contributed by atoms with E-state index in [1.807, 2.05) is 6.07 Å². The van der Waals surface area contributed by atoms with Crippen molar-refractivity contribution in [2.45, 2.75) is 25.4 Å². The number of nitrogens with zero attached hydrogens (tertiary/aromatic N) is 2. The second-order valence-corrected chi connectivity index (χ2v) is 4.55. The SMILES string of the molecule is N#Cc1cc2c(nc1NCCOCC(F)(F)F)CCC2. The first kappa shape index (κ1) is 14.6. The van der Waals surface area contributed by atoms with Gasteiger partial charge >= 0.3 is 6.18 Å². The average molecular weight is 285 g/mol. The van der Waals surface area contributed by atoms with Gasteiger partial charge in [-0.1, -0.05) is 0 Å². The van der Waals surface area contributed by atoms with Crippen LogP contribution in [-0.2, 0) is 17.6 Å². The van der Waals surface area contributed by atoms with Crippen LogP contribution in [0.4, 0.5) is 19.0 Å². The molecule has 0 atom stereocenters. The van der Waals surface area contributed by atoms with Crippen LogP contribution in [0.15, 0.2) is 6.07 Å². The van der Waals surface area contributed by atoms with Gasteiger partial charge in [0.05, 0.1) is 12.2 Å². The number of nitrogens with one attached hydrogen (secondary N) is 1. The predicted octanol–water partition coefficient (Wildman–Crippen LogP) is 2.43. The van der Waals surface area contributed by atoms with Crippen molar-refractivity contribution < 1.29 is 17.9 Å². The summed E-state index contributed by atoms with van der Waals surface area (Å²) in [4.78, 5) is 4.36. The molecule has 0 amide bonds. The Morgan fingerprint density at radius 1 is 1.40 bits per heavy atom. The van der Waals surface area contributed by atoms with Gasteiger partial charge in [-0.2, -0.15) is 18.4 Å². The van der Waals surface area contributed by atoms with Crippen molar-refractivity contribution in [2.75, 3.05) is 25.1 Å². The monoisotopic (exact) mass is 285 g/mol. The Labute approximate surface area is 114 Å². The van der Waals surface area contributed by atoms with Crippen molar-refractivity contribution in [2.24, 2.45) is 0 Å². The van der Waals surface area contributed by atoms with Gasteiger partial charge in [-0.05, 0) is 30.9 Å². The van der Waals surface area contributed by atoms with Gasteiger partial charge in [0.15, 0.2) is 0 Å². The molecule has 0 radical (unpaired) electrons. The molecule has 0 aliphatic heterocycles. The molecule has 2 rings (SSSR count). The number of nitriles is 1.